The van der Waals surface area contributed by atoms with Gasteiger partial charge in [0.05, 0.1) is 22.6 Å². The molecule has 3 nitrogen and oxygen atoms in total. The maximum atomic E-state index is 12.9. The Morgan fingerprint density at radius 1 is 0.929 bits per heavy atom. The van der Waals surface area contributed by atoms with Gasteiger partial charge in [0.15, 0.2) is 0 Å². The van der Waals surface area contributed by atoms with E-state index in [-0.39, 0.29) is 0 Å². The molecule has 2 aromatic carbocycles. The lowest BCUT2D eigenvalue weighted by Gasteiger charge is -2.12. The van der Waals surface area contributed by atoms with Crippen LogP contribution >= 0.6 is 0 Å². The number of halogens is 3. The molecule has 0 amide bonds. The summed E-state index contributed by atoms with van der Waals surface area (Å²) in [7, 11) is 0. The maximum absolute atomic E-state index is 12.9. The van der Waals surface area contributed by atoms with Gasteiger partial charge in [0.1, 0.15) is 6.29 Å². The van der Waals surface area contributed by atoms with E-state index in [1.165, 1.54) is 12.1 Å². The molecule has 0 aliphatic carbocycles. The summed E-state index contributed by atoms with van der Waals surface area (Å²) in [6, 6.07) is 11.8. The zero-order chi connectivity index (χ0) is 20.1. The van der Waals surface area contributed by atoms with Gasteiger partial charge >= 0.3 is 6.18 Å². The third-order valence-corrected chi connectivity index (χ3v) is 4.41. The van der Waals surface area contributed by atoms with E-state index in [9.17, 15) is 18.0 Å². The highest BCUT2D eigenvalue weighted by atomic mass is 19.4. The van der Waals surface area contributed by atoms with Crippen LogP contribution in [-0.2, 0) is 12.6 Å². The number of hydrogen-bond acceptors (Lipinski definition) is 3. The minimum absolute atomic E-state index is 0.507. The first-order valence-corrected chi connectivity index (χ1v) is 9.01. The molecule has 28 heavy (non-hydrogen) atoms. The lowest BCUT2D eigenvalue weighted by molar-refractivity contribution is -0.137. The number of benzene rings is 2. The van der Waals surface area contributed by atoms with Crippen molar-refractivity contribution in [3.63, 3.8) is 0 Å². The van der Waals surface area contributed by atoms with Gasteiger partial charge in [-0.05, 0) is 25.0 Å². The summed E-state index contributed by atoms with van der Waals surface area (Å²) in [6.07, 6.45) is 0.803. The van der Waals surface area contributed by atoms with Crippen molar-refractivity contribution < 1.29 is 18.0 Å². The van der Waals surface area contributed by atoms with E-state index in [4.69, 9.17) is 4.98 Å². The molecule has 1 heterocycles. The Morgan fingerprint density at radius 3 is 2.11 bits per heavy atom. The topological polar surface area (TPSA) is 42.9 Å². The molecule has 6 heteroatoms. The predicted octanol–water partition coefficient (Wildman–Crippen LogP) is 5.98. The van der Waals surface area contributed by atoms with Gasteiger partial charge in [0.2, 0.25) is 0 Å². The van der Waals surface area contributed by atoms with Crippen LogP contribution in [-0.4, -0.2) is 16.3 Å². The first-order chi connectivity index (χ1) is 13.4. The Balaban J connectivity index is 2.07. The van der Waals surface area contributed by atoms with Crippen molar-refractivity contribution >= 4 is 6.29 Å². The number of aryl methyl sites for hydroxylation is 1. The lowest BCUT2D eigenvalue weighted by Crippen LogP contribution is -2.04. The average Bonchev–Trinajstić information content (AvgIpc) is 2.71. The standard InChI is InChI=1S/C22H19F3N2O/c1-2-3-4-19-13-26-20(16-9-11-18(12-10-16)22(23,24)25)21(27-19)17-7-5-15(14-28)6-8-17/h5-14H,2-4H2,1H3. The van der Waals surface area contributed by atoms with E-state index in [1.54, 1.807) is 30.5 Å². The van der Waals surface area contributed by atoms with Crippen molar-refractivity contribution in [3.05, 3.63) is 71.5 Å². The number of unbranched alkanes of at least 4 members (excludes halogenated alkanes) is 1. The van der Waals surface area contributed by atoms with Crippen molar-refractivity contribution in [1.29, 1.82) is 0 Å². The molecular weight excluding hydrogens is 365 g/mol. The lowest BCUT2D eigenvalue weighted by atomic mass is 10.0. The maximum Gasteiger partial charge on any atom is 0.416 e. The summed E-state index contributed by atoms with van der Waals surface area (Å²) in [6.45, 7) is 2.09. The summed E-state index contributed by atoms with van der Waals surface area (Å²) in [5, 5.41) is 0. The molecule has 1 aromatic heterocycles. The van der Waals surface area contributed by atoms with Crippen molar-refractivity contribution in [2.75, 3.05) is 0 Å². The van der Waals surface area contributed by atoms with Gasteiger partial charge < -0.3 is 0 Å². The normalized spacial score (nSPS) is 11.4. The average molecular weight is 384 g/mol. The van der Waals surface area contributed by atoms with E-state index >= 15 is 0 Å². The molecule has 0 aliphatic rings. The van der Waals surface area contributed by atoms with E-state index in [2.05, 4.69) is 11.9 Å². The minimum Gasteiger partial charge on any atom is -0.298 e. The van der Waals surface area contributed by atoms with Gasteiger partial charge in [0, 0.05) is 22.9 Å². The Bertz CT molecular complexity index is 949. The number of carbonyl (C=O) groups is 1. The Hall–Kier alpha value is -3.02. The smallest absolute Gasteiger partial charge is 0.298 e. The second-order valence-electron chi connectivity index (χ2n) is 6.48. The number of rotatable bonds is 6. The van der Waals surface area contributed by atoms with E-state index in [0.29, 0.717) is 22.5 Å². The van der Waals surface area contributed by atoms with Crippen LogP contribution in [0.2, 0.25) is 0 Å². The van der Waals surface area contributed by atoms with Crippen LogP contribution in [0.15, 0.2) is 54.7 Å². The van der Waals surface area contributed by atoms with Gasteiger partial charge in [-0.25, -0.2) is 4.98 Å². The van der Waals surface area contributed by atoms with Crippen molar-refractivity contribution in [2.45, 2.75) is 32.4 Å². The summed E-state index contributed by atoms with van der Waals surface area (Å²) in [4.78, 5) is 20.1. The van der Waals surface area contributed by atoms with Crippen molar-refractivity contribution in [3.8, 4) is 22.5 Å². The third kappa shape index (κ3) is 4.44. The van der Waals surface area contributed by atoms with Crippen molar-refractivity contribution in [2.24, 2.45) is 0 Å². The second kappa shape index (κ2) is 8.33. The number of aldehydes is 1. The number of hydrogen-bond donors (Lipinski definition) is 0. The molecule has 0 saturated heterocycles. The summed E-state index contributed by atoms with van der Waals surface area (Å²) < 4.78 is 38.6. The van der Waals surface area contributed by atoms with Gasteiger partial charge in [-0.15, -0.1) is 0 Å². The van der Waals surface area contributed by atoms with Gasteiger partial charge in [-0.1, -0.05) is 49.7 Å². The van der Waals surface area contributed by atoms with Crippen LogP contribution in [0.4, 0.5) is 13.2 Å². The van der Waals surface area contributed by atoms with E-state index in [1.807, 2.05) is 0 Å². The predicted molar refractivity (Wildman–Crippen MR) is 102 cm³/mol. The van der Waals surface area contributed by atoms with E-state index in [0.717, 1.165) is 48.9 Å². The van der Waals surface area contributed by atoms with Crippen LogP contribution in [0.5, 0.6) is 0 Å². The molecule has 0 unspecified atom stereocenters. The molecule has 0 N–H and O–H groups in total. The molecule has 0 radical (unpaired) electrons. The number of alkyl halides is 3. The van der Waals surface area contributed by atoms with Crippen LogP contribution in [0.25, 0.3) is 22.5 Å². The first-order valence-electron chi connectivity index (χ1n) is 9.01. The molecule has 3 aromatic rings. The fourth-order valence-electron chi connectivity index (χ4n) is 2.85. The van der Waals surface area contributed by atoms with E-state index < -0.39 is 11.7 Å². The molecule has 0 aliphatic heterocycles. The summed E-state index contributed by atoms with van der Waals surface area (Å²) in [5.41, 5.74) is 3.06. The van der Waals surface area contributed by atoms with Gasteiger partial charge in [0.25, 0.3) is 0 Å². The number of nitrogens with zero attached hydrogens (tertiary/aromatic N) is 2. The van der Waals surface area contributed by atoms with Crippen molar-refractivity contribution in [1.82, 2.24) is 9.97 Å². The highest BCUT2D eigenvalue weighted by Crippen LogP contribution is 2.33. The number of aromatic nitrogens is 2. The Labute approximate surface area is 161 Å². The first kappa shape index (κ1) is 19.7. The summed E-state index contributed by atoms with van der Waals surface area (Å²) in [5.74, 6) is 0. The fraction of sp³-hybridized carbons (Fsp3) is 0.227. The SMILES string of the molecule is CCCCc1cnc(-c2ccc(C(F)(F)F)cc2)c(-c2ccc(C=O)cc2)n1. The fourth-order valence-corrected chi connectivity index (χ4v) is 2.85. The highest BCUT2D eigenvalue weighted by Gasteiger charge is 2.30. The molecule has 0 fully saturated rings. The molecule has 0 bridgehead atoms. The molecular formula is C22H19F3N2O. The van der Waals surface area contributed by atoms with Gasteiger partial charge in [-0.2, -0.15) is 13.2 Å². The second-order valence-corrected chi connectivity index (χ2v) is 6.48. The zero-order valence-corrected chi connectivity index (χ0v) is 15.3. The third-order valence-electron chi connectivity index (χ3n) is 4.41. The minimum atomic E-state index is -4.39. The van der Waals surface area contributed by atoms with Crippen LogP contribution < -0.4 is 0 Å². The molecule has 0 saturated carbocycles. The number of carbonyl (C=O) groups excluding carboxylic acids is 1. The molecule has 0 spiro atoms. The van der Waals surface area contributed by atoms with Gasteiger partial charge in [-0.3, -0.25) is 9.78 Å². The molecule has 144 valence electrons. The Morgan fingerprint density at radius 2 is 1.54 bits per heavy atom. The van der Waals surface area contributed by atoms with Crippen LogP contribution in [0.3, 0.4) is 0 Å². The monoisotopic (exact) mass is 384 g/mol. The van der Waals surface area contributed by atoms with Crippen LogP contribution in [0.1, 0.15) is 41.4 Å². The summed E-state index contributed by atoms with van der Waals surface area (Å²) >= 11 is 0. The Kier molecular flexibility index (Phi) is 5.87. The highest BCUT2D eigenvalue weighted by molar-refractivity contribution is 5.81. The zero-order valence-electron chi connectivity index (χ0n) is 15.3. The van der Waals surface area contributed by atoms with Crippen LogP contribution in [0, 0.1) is 0 Å². The molecule has 3 rings (SSSR count). The molecule has 0 atom stereocenters. The largest absolute Gasteiger partial charge is 0.416 e. The quantitative estimate of drug-likeness (QED) is 0.491.